The average Bonchev–Trinajstić information content (AvgIpc) is 2.14. The number of Topliss-reactive ketones (excluding diaryl/α,β-unsaturated/α-hetero) is 1. The van der Waals surface area contributed by atoms with E-state index in [0.29, 0.717) is 12.0 Å². The lowest BCUT2D eigenvalue weighted by Gasteiger charge is -2.26. The minimum atomic E-state index is -0.484. The van der Waals surface area contributed by atoms with Gasteiger partial charge in [0, 0.05) is 12.0 Å². The van der Waals surface area contributed by atoms with E-state index in [9.17, 15) is 9.90 Å². The van der Waals surface area contributed by atoms with Gasteiger partial charge in [-0.3, -0.25) is 4.79 Å². The zero-order valence-electron chi connectivity index (χ0n) is 8.45. The van der Waals surface area contributed by atoms with Gasteiger partial charge in [0.05, 0.1) is 6.10 Å². The number of hydrogen-bond acceptors (Lipinski definition) is 2. The molecule has 0 saturated heterocycles. The third kappa shape index (κ3) is 1.36. The number of aliphatic hydroxyl groups excluding tert-OH is 1. The molecule has 2 rings (SSSR count). The van der Waals surface area contributed by atoms with Crippen LogP contribution in [-0.2, 0) is 0 Å². The number of rotatable bonds is 0. The Labute approximate surface area is 83.6 Å². The molecular formula is C12H14O2. The summed E-state index contributed by atoms with van der Waals surface area (Å²) in [6, 6.07) is 5.65. The highest BCUT2D eigenvalue weighted by Crippen LogP contribution is 2.34. The van der Waals surface area contributed by atoms with E-state index in [1.807, 2.05) is 32.0 Å². The standard InChI is InChI=1S/C12H14O2/c1-7-3-4-9-10(5-7)12(14)8(2)6-11(9)13/h3-5,8,12,14H,6H2,1-2H3/t8-,12-/m0/s1. The van der Waals surface area contributed by atoms with Gasteiger partial charge in [-0.05, 0) is 18.4 Å². The summed E-state index contributed by atoms with van der Waals surface area (Å²) >= 11 is 0. The van der Waals surface area contributed by atoms with Gasteiger partial charge in [0.2, 0.25) is 0 Å². The normalized spacial score (nSPS) is 26.1. The molecule has 0 spiro atoms. The fraction of sp³-hybridized carbons (Fsp3) is 0.417. The first kappa shape index (κ1) is 9.41. The molecule has 1 aromatic rings. The topological polar surface area (TPSA) is 37.3 Å². The number of aliphatic hydroxyl groups is 1. The van der Waals surface area contributed by atoms with Crippen molar-refractivity contribution in [2.24, 2.45) is 5.92 Å². The summed E-state index contributed by atoms with van der Waals surface area (Å²) in [7, 11) is 0. The SMILES string of the molecule is Cc1ccc2c(c1)[C@@H](O)[C@@H](C)CC2=O. The van der Waals surface area contributed by atoms with Crippen molar-refractivity contribution in [1.82, 2.24) is 0 Å². The molecule has 0 radical (unpaired) electrons. The third-order valence-corrected chi connectivity index (χ3v) is 2.87. The molecule has 0 bridgehead atoms. The fourth-order valence-electron chi connectivity index (χ4n) is 2.00. The van der Waals surface area contributed by atoms with E-state index in [2.05, 4.69) is 0 Å². The molecule has 1 aliphatic rings. The van der Waals surface area contributed by atoms with E-state index in [1.165, 1.54) is 0 Å². The number of aryl methyl sites for hydroxylation is 1. The molecule has 1 aromatic carbocycles. The highest BCUT2D eigenvalue weighted by molar-refractivity contribution is 5.98. The number of hydrogen-bond donors (Lipinski definition) is 1. The van der Waals surface area contributed by atoms with Gasteiger partial charge in [-0.15, -0.1) is 0 Å². The molecule has 0 aromatic heterocycles. The van der Waals surface area contributed by atoms with Crippen molar-refractivity contribution in [3.8, 4) is 0 Å². The van der Waals surface area contributed by atoms with Crippen molar-refractivity contribution in [3.63, 3.8) is 0 Å². The molecule has 0 fully saturated rings. The number of carbonyl (C=O) groups excluding carboxylic acids is 1. The van der Waals surface area contributed by atoms with Crippen molar-refractivity contribution >= 4 is 5.78 Å². The first-order chi connectivity index (χ1) is 6.59. The number of ketones is 1. The van der Waals surface area contributed by atoms with Crippen LogP contribution in [0.2, 0.25) is 0 Å². The molecule has 2 nitrogen and oxygen atoms in total. The van der Waals surface area contributed by atoms with Crippen molar-refractivity contribution in [1.29, 1.82) is 0 Å². The monoisotopic (exact) mass is 190 g/mol. The molecular weight excluding hydrogens is 176 g/mol. The predicted octanol–water partition coefficient (Wildman–Crippen LogP) is 2.25. The fourth-order valence-corrected chi connectivity index (χ4v) is 2.00. The Balaban J connectivity index is 2.56. The van der Waals surface area contributed by atoms with Crippen LogP contribution >= 0.6 is 0 Å². The Morgan fingerprint density at radius 1 is 1.43 bits per heavy atom. The van der Waals surface area contributed by atoms with Crippen LogP contribution < -0.4 is 0 Å². The molecule has 0 amide bonds. The van der Waals surface area contributed by atoms with Crippen LogP contribution in [0, 0.1) is 12.8 Å². The maximum atomic E-state index is 11.6. The van der Waals surface area contributed by atoms with Gasteiger partial charge in [0.15, 0.2) is 5.78 Å². The Kier molecular flexibility index (Phi) is 2.16. The molecule has 0 aliphatic heterocycles. The minimum absolute atomic E-state index is 0.0387. The first-order valence-electron chi connectivity index (χ1n) is 4.91. The van der Waals surface area contributed by atoms with Gasteiger partial charge in [-0.2, -0.15) is 0 Å². The molecule has 0 saturated carbocycles. The first-order valence-corrected chi connectivity index (χ1v) is 4.91. The Morgan fingerprint density at radius 3 is 2.86 bits per heavy atom. The van der Waals surface area contributed by atoms with Gasteiger partial charge in [-0.25, -0.2) is 0 Å². The lowest BCUT2D eigenvalue weighted by atomic mass is 9.81. The minimum Gasteiger partial charge on any atom is -0.388 e. The Morgan fingerprint density at radius 2 is 2.14 bits per heavy atom. The Bertz CT molecular complexity index is 382. The second-order valence-corrected chi connectivity index (χ2v) is 4.14. The van der Waals surface area contributed by atoms with Crippen molar-refractivity contribution in [3.05, 3.63) is 34.9 Å². The zero-order valence-corrected chi connectivity index (χ0v) is 8.45. The van der Waals surface area contributed by atoms with Crippen molar-refractivity contribution in [2.75, 3.05) is 0 Å². The van der Waals surface area contributed by atoms with Gasteiger partial charge in [0.1, 0.15) is 0 Å². The molecule has 2 atom stereocenters. The molecule has 74 valence electrons. The molecule has 2 heteroatoms. The van der Waals surface area contributed by atoms with Crippen LogP contribution in [0.3, 0.4) is 0 Å². The van der Waals surface area contributed by atoms with Crippen molar-refractivity contribution in [2.45, 2.75) is 26.4 Å². The van der Waals surface area contributed by atoms with E-state index in [4.69, 9.17) is 0 Å². The lowest BCUT2D eigenvalue weighted by Crippen LogP contribution is -2.23. The van der Waals surface area contributed by atoms with Crippen LogP contribution in [0.4, 0.5) is 0 Å². The number of benzene rings is 1. The van der Waals surface area contributed by atoms with E-state index in [1.54, 1.807) is 0 Å². The van der Waals surface area contributed by atoms with E-state index in [-0.39, 0.29) is 11.7 Å². The van der Waals surface area contributed by atoms with Crippen LogP contribution in [-0.4, -0.2) is 10.9 Å². The summed E-state index contributed by atoms with van der Waals surface area (Å²) in [5.41, 5.74) is 2.58. The summed E-state index contributed by atoms with van der Waals surface area (Å²) in [6.07, 6.45) is -0.0281. The van der Waals surface area contributed by atoms with Gasteiger partial charge in [0.25, 0.3) is 0 Å². The zero-order chi connectivity index (χ0) is 10.3. The maximum absolute atomic E-state index is 11.6. The van der Waals surface area contributed by atoms with E-state index in [0.717, 1.165) is 11.1 Å². The lowest BCUT2D eigenvalue weighted by molar-refractivity contribution is 0.0751. The van der Waals surface area contributed by atoms with Gasteiger partial charge in [-0.1, -0.05) is 30.7 Å². The molecule has 0 unspecified atom stereocenters. The van der Waals surface area contributed by atoms with Gasteiger partial charge < -0.3 is 5.11 Å². The highest BCUT2D eigenvalue weighted by Gasteiger charge is 2.29. The number of carbonyl (C=O) groups is 1. The summed E-state index contributed by atoms with van der Waals surface area (Å²) in [5.74, 6) is 0.189. The highest BCUT2D eigenvalue weighted by atomic mass is 16.3. The maximum Gasteiger partial charge on any atom is 0.163 e. The summed E-state index contributed by atoms with van der Waals surface area (Å²) in [6.45, 7) is 3.88. The molecule has 1 aliphatic carbocycles. The number of fused-ring (bicyclic) bond motifs is 1. The summed E-state index contributed by atoms with van der Waals surface area (Å²) in [4.78, 5) is 11.6. The van der Waals surface area contributed by atoms with Crippen molar-refractivity contribution < 1.29 is 9.90 Å². The summed E-state index contributed by atoms with van der Waals surface area (Å²) in [5, 5.41) is 9.92. The second kappa shape index (κ2) is 3.21. The molecule has 1 N–H and O–H groups in total. The van der Waals surface area contributed by atoms with E-state index >= 15 is 0 Å². The van der Waals surface area contributed by atoms with Crippen LogP contribution in [0.5, 0.6) is 0 Å². The molecule has 0 heterocycles. The molecule has 14 heavy (non-hydrogen) atoms. The average molecular weight is 190 g/mol. The second-order valence-electron chi connectivity index (χ2n) is 4.14. The van der Waals surface area contributed by atoms with Crippen LogP contribution in [0.1, 0.15) is 40.9 Å². The van der Waals surface area contributed by atoms with Crippen LogP contribution in [0.15, 0.2) is 18.2 Å². The summed E-state index contributed by atoms with van der Waals surface area (Å²) < 4.78 is 0. The predicted molar refractivity (Wildman–Crippen MR) is 54.3 cm³/mol. The smallest absolute Gasteiger partial charge is 0.163 e. The van der Waals surface area contributed by atoms with Gasteiger partial charge >= 0.3 is 0 Å². The largest absolute Gasteiger partial charge is 0.388 e. The van der Waals surface area contributed by atoms with E-state index < -0.39 is 6.10 Å². The van der Waals surface area contributed by atoms with Crippen LogP contribution in [0.25, 0.3) is 0 Å². The quantitative estimate of drug-likeness (QED) is 0.681. The third-order valence-electron chi connectivity index (χ3n) is 2.87. The Hall–Kier alpha value is -1.15.